The fraction of sp³-hybridized carbons (Fsp3) is 0.600. The number of hydrogen-bond acceptors (Lipinski definition) is 2. The maximum absolute atomic E-state index is 13.4. The van der Waals surface area contributed by atoms with Gasteiger partial charge in [-0.3, -0.25) is 0 Å². The van der Waals surface area contributed by atoms with Gasteiger partial charge in [0.05, 0.1) is 0 Å². The second-order valence-electron chi connectivity index (χ2n) is 5.49. The average Bonchev–Trinajstić information content (AvgIpc) is 2.82. The molecule has 1 aromatic carbocycles. The van der Waals surface area contributed by atoms with E-state index in [0.717, 1.165) is 31.7 Å². The van der Waals surface area contributed by atoms with Crippen molar-refractivity contribution in [1.29, 1.82) is 0 Å². The number of nitrogens with zero attached hydrogens (tertiary/aromatic N) is 1. The molecule has 0 bridgehead atoms. The third-order valence-electron chi connectivity index (χ3n) is 3.36. The highest BCUT2D eigenvalue weighted by molar-refractivity contribution is 5.54. The van der Waals surface area contributed by atoms with Crippen molar-refractivity contribution < 1.29 is 4.39 Å². The first-order chi connectivity index (χ1) is 8.66. The largest absolute Gasteiger partial charge is 0.371 e. The molecule has 0 radical (unpaired) electrons. The molecule has 2 rings (SSSR count). The summed E-state index contributed by atoms with van der Waals surface area (Å²) >= 11 is 0. The van der Waals surface area contributed by atoms with E-state index in [9.17, 15) is 4.39 Å². The third kappa shape index (κ3) is 3.45. The van der Waals surface area contributed by atoms with Gasteiger partial charge in [-0.2, -0.15) is 0 Å². The molecule has 0 saturated carbocycles. The molecule has 2 nitrogen and oxygen atoms in total. The van der Waals surface area contributed by atoms with Crippen molar-refractivity contribution in [3.05, 3.63) is 29.6 Å². The Morgan fingerprint density at radius 3 is 2.67 bits per heavy atom. The predicted octanol–water partition coefficient (Wildman–Crippen LogP) is 3.17. The molecule has 1 aromatic rings. The molecule has 1 fully saturated rings. The van der Waals surface area contributed by atoms with Gasteiger partial charge in [-0.15, -0.1) is 0 Å². The first-order valence-electron chi connectivity index (χ1n) is 6.91. The van der Waals surface area contributed by atoms with Crippen LogP contribution < -0.4 is 10.2 Å². The molecule has 18 heavy (non-hydrogen) atoms. The number of benzene rings is 1. The van der Waals surface area contributed by atoms with Gasteiger partial charge in [0.25, 0.3) is 0 Å². The van der Waals surface area contributed by atoms with Gasteiger partial charge in [-0.25, -0.2) is 4.39 Å². The van der Waals surface area contributed by atoms with E-state index < -0.39 is 0 Å². The van der Waals surface area contributed by atoms with Crippen molar-refractivity contribution in [2.75, 3.05) is 24.5 Å². The molecule has 0 atom stereocenters. The Labute approximate surface area is 109 Å². The second kappa shape index (κ2) is 6.19. The van der Waals surface area contributed by atoms with Gasteiger partial charge in [-0.05, 0) is 49.1 Å². The monoisotopic (exact) mass is 250 g/mol. The minimum atomic E-state index is -0.140. The fourth-order valence-electron chi connectivity index (χ4n) is 2.46. The van der Waals surface area contributed by atoms with Gasteiger partial charge in [0.1, 0.15) is 5.82 Å². The van der Waals surface area contributed by atoms with Crippen LogP contribution in [0.1, 0.15) is 32.3 Å². The second-order valence-corrected chi connectivity index (χ2v) is 5.49. The molecule has 0 aliphatic carbocycles. The van der Waals surface area contributed by atoms with Crippen LogP contribution in [0.2, 0.25) is 0 Å². The lowest BCUT2D eigenvalue weighted by Gasteiger charge is -2.22. The van der Waals surface area contributed by atoms with Crippen LogP contribution in [0.5, 0.6) is 0 Å². The minimum Gasteiger partial charge on any atom is -0.371 e. The summed E-state index contributed by atoms with van der Waals surface area (Å²) in [5.41, 5.74) is 2.28. The molecule has 3 heteroatoms. The number of hydrogen-bond donors (Lipinski definition) is 1. The number of halogens is 1. The minimum absolute atomic E-state index is 0.140. The first kappa shape index (κ1) is 13.3. The van der Waals surface area contributed by atoms with Crippen LogP contribution in [0.15, 0.2) is 18.2 Å². The molecule has 1 heterocycles. The molecular formula is C15H23FN2. The summed E-state index contributed by atoms with van der Waals surface area (Å²) in [5, 5.41) is 3.40. The van der Waals surface area contributed by atoms with Gasteiger partial charge in [-0.1, -0.05) is 13.8 Å². The van der Waals surface area contributed by atoms with E-state index in [2.05, 4.69) is 24.1 Å². The molecule has 0 aromatic heterocycles. The van der Waals surface area contributed by atoms with E-state index in [0.29, 0.717) is 5.92 Å². The van der Waals surface area contributed by atoms with Crippen LogP contribution in [0.3, 0.4) is 0 Å². The highest BCUT2D eigenvalue weighted by Crippen LogP contribution is 2.25. The van der Waals surface area contributed by atoms with Crippen LogP contribution in [-0.2, 0) is 6.54 Å². The van der Waals surface area contributed by atoms with Crippen molar-refractivity contribution >= 4 is 5.69 Å². The lowest BCUT2D eigenvalue weighted by Crippen LogP contribution is -2.23. The molecule has 0 amide bonds. The van der Waals surface area contributed by atoms with E-state index in [4.69, 9.17) is 0 Å². The van der Waals surface area contributed by atoms with Crippen molar-refractivity contribution in [1.82, 2.24) is 5.32 Å². The Morgan fingerprint density at radius 2 is 2.00 bits per heavy atom. The molecule has 1 N–H and O–H groups in total. The molecule has 0 spiro atoms. The average molecular weight is 250 g/mol. The summed E-state index contributed by atoms with van der Waals surface area (Å²) in [6.07, 6.45) is 2.49. The normalized spacial score (nSPS) is 15.7. The van der Waals surface area contributed by atoms with Crippen LogP contribution in [0.4, 0.5) is 10.1 Å². The SMILES string of the molecule is CC(C)CNCc1cc(F)ccc1N1CCCC1. The molecule has 0 unspecified atom stereocenters. The van der Waals surface area contributed by atoms with Gasteiger partial charge in [0, 0.05) is 25.3 Å². The van der Waals surface area contributed by atoms with Crippen LogP contribution in [-0.4, -0.2) is 19.6 Å². The topological polar surface area (TPSA) is 15.3 Å². The Bertz CT molecular complexity index is 384. The summed E-state index contributed by atoms with van der Waals surface area (Å²) < 4.78 is 13.4. The number of rotatable bonds is 5. The van der Waals surface area contributed by atoms with E-state index in [1.165, 1.54) is 18.5 Å². The molecule has 1 saturated heterocycles. The Morgan fingerprint density at radius 1 is 1.28 bits per heavy atom. The van der Waals surface area contributed by atoms with Crippen LogP contribution in [0.25, 0.3) is 0 Å². The smallest absolute Gasteiger partial charge is 0.123 e. The van der Waals surface area contributed by atoms with Gasteiger partial charge in [0.15, 0.2) is 0 Å². The Kier molecular flexibility index (Phi) is 4.59. The first-order valence-corrected chi connectivity index (χ1v) is 6.91. The summed E-state index contributed by atoms with van der Waals surface area (Å²) in [5.74, 6) is 0.480. The molecule has 1 aliphatic rings. The summed E-state index contributed by atoms with van der Waals surface area (Å²) in [6, 6.07) is 5.16. The summed E-state index contributed by atoms with van der Waals surface area (Å²) in [7, 11) is 0. The molecule has 100 valence electrons. The highest BCUT2D eigenvalue weighted by atomic mass is 19.1. The zero-order chi connectivity index (χ0) is 13.0. The molecule has 1 aliphatic heterocycles. The highest BCUT2D eigenvalue weighted by Gasteiger charge is 2.15. The lowest BCUT2D eigenvalue weighted by molar-refractivity contribution is 0.550. The van der Waals surface area contributed by atoms with Crippen LogP contribution >= 0.6 is 0 Å². The standard InChI is InChI=1S/C15H23FN2/c1-12(2)10-17-11-13-9-14(16)5-6-15(13)18-7-3-4-8-18/h5-6,9,12,17H,3-4,7-8,10-11H2,1-2H3. The summed E-state index contributed by atoms with van der Waals surface area (Å²) in [4.78, 5) is 2.37. The Balaban J connectivity index is 2.07. The van der Waals surface area contributed by atoms with Gasteiger partial charge < -0.3 is 10.2 Å². The Hall–Kier alpha value is -1.09. The van der Waals surface area contributed by atoms with E-state index in [-0.39, 0.29) is 5.82 Å². The molecular weight excluding hydrogens is 227 g/mol. The maximum Gasteiger partial charge on any atom is 0.123 e. The maximum atomic E-state index is 13.4. The van der Waals surface area contributed by atoms with Crippen LogP contribution in [0, 0.1) is 11.7 Å². The zero-order valence-corrected chi connectivity index (χ0v) is 11.4. The van der Waals surface area contributed by atoms with E-state index >= 15 is 0 Å². The van der Waals surface area contributed by atoms with E-state index in [1.54, 1.807) is 12.1 Å². The lowest BCUT2D eigenvalue weighted by atomic mass is 10.1. The van der Waals surface area contributed by atoms with Gasteiger partial charge >= 0.3 is 0 Å². The number of anilines is 1. The summed E-state index contributed by atoms with van der Waals surface area (Å²) in [6.45, 7) is 8.28. The van der Waals surface area contributed by atoms with Crippen molar-refractivity contribution in [3.63, 3.8) is 0 Å². The van der Waals surface area contributed by atoms with E-state index in [1.807, 2.05) is 6.07 Å². The van der Waals surface area contributed by atoms with Crippen molar-refractivity contribution in [3.8, 4) is 0 Å². The third-order valence-corrected chi connectivity index (χ3v) is 3.36. The zero-order valence-electron chi connectivity index (χ0n) is 11.4. The van der Waals surface area contributed by atoms with Crippen molar-refractivity contribution in [2.45, 2.75) is 33.2 Å². The predicted molar refractivity (Wildman–Crippen MR) is 74.4 cm³/mol. The number of nitrogens with one attached hydrogen (secondary N) is 1. The quantitative estimate of drug-likeness (QED) is 0.863. The van der Waals surface area contributed by atoms with Crippen molar-refractivity contribution in [2.24, 2.45) is 5.92 Å². The fourth-order valence-corrected chi connectivity index (χ4v) is 2.46. The van der Waals surface area contributed by atoms with Gasteiger partial charge in [0.2, 0.25) is 0 Å².